The minimum absolute atomic E-state index is 0.0718. The molecule has 3 rings (SSSR count). The van der Waals surface area contributed by atoms with E-state index in [9.17, 15) is 13.6 Å². The van der Waals surface area contributed by atoms with Crippen LogP contribution in [0.15, 0.2) is 36.5 Å². The average molecular weight is 348 g/mol. The molecule has 0 spiro atoms. The summed E-state index contributed by atoms with van der Waals surface area (Å²) in [6, 6.07) is 9.26. The van der Waals surface area contributed by atoms with E-state index in [1.165, 1.54) is 0 Å². The summed E-state index contributed by atoms with van der Waals surface area (Å²) < 4.78 is 27.5. The number of amides is 2. The van der Waals surface area contributed by atoms with E-state index in [1.807, 2.05) is 44.2 Å². The fourth-order valence-corrected chi connectivity index (χ4v) is 2.89. The molecule has 134 valence electrons. The molecule has 1 saturated carbocycles. The zero-order valence-corrected chi connectivity index (χ0v) is 14.3. The van der Waals surface area contributed by atoms with Gasteiger partial charge in [0, 0.05) is 18.9 Å². The molecule has 0 saturated heterocycles. The molecule has 2 amide bonds. The van der Waals surface area contributed by atoms with E-state index in [-0.39, 0.29) is 18.9 Å². The van der Waals surface area contributed by atoms with Crippen LogP contribution in [0.25, 0.3) is 5.69 Å². The van der Waals surface area contributed by atoms with Gasteiger partial charge in [-0.2, -0.15) is 5.10 Å². The summed E-state index contributed by atoms with van der Waals surface area (Å²) in [5.74, 6) is -3.00. The van der Waals surface area contributed by atoms with Crippen LogP contribution in [-0.2, 0) is 0 Å². The van der Waals surface area contributed by atoms with Crippen LogP contribution in [0.4, 0.5) is 19.3 Å². The van der Waals surface area contributed by atoms with Crippen molar-refractivity contribution in [3.63, 3.8) is 0 Å². The molecule has 1 atom stereocenters. The van der Waals surface area contributed by atoms with Gasteiger partial charge in [-0.15, -0.1) is 0 Å². The summed E-state index contributed by atoms with van der Waals surface area (Å²) in [7, 11) is 0. The topological polar surface area (TPSA) is 59.0 Å². The van der Waals surface area contributed by atoms with Crippen LogP contribution >= 0.6 is 0 Å². The van der Waals surface area contributed by atoms with Crippen LogP contribution in [0, 0.1) is 5.92 Å². The minimum atomic E-state index is -2.54. The highest BCUT2D eigenvalue weighted by atomic mass is 19.3. The van der Waals surface area contributed by atoms with Crippen LogP contribution in [0.2, 0.25) is 0 Å². The number of carbonyl (C=O) groups excluding carboxylic acids is 1. The van der Waals surface area contributed by atoms with Crippen molar-refractivity contribution in [2.24, 2.45) is 5.92 Å². The van der Waals surface area contributed by atoms with Gasteiger partial charge in [-0.05, 0) is 24.5 Å². The van der Waals surface area contributed by atoms with Crippen molar-refractivity contribution >= 4 is 11.7 Å². The molecule has 0 aliphatic heterocycles. The molecule has 1 fully saturated rings. The van der Waals surface area contributed by atoms with Crippen LogP contribution in [0.1, 0.15) is 38.3 Å². The lowest BCUT2D eigenvalue weighted by Gasteiger charge is -2.13. The number of halogens is 2. The first kappa shape index (κ1) is 17.4. The minimum Gasteiger partial charge on any atom is -0.338 e. The van der Waals surface area contributed by atoms with E-state index in [1.54, 1.807) is 10.9 Å². The Morgan fingerprint density at radius 3 is 2.64 bits per heavy atom. The third-order valence-corrected chi connectivity index (χ3v) is 4.34. The summed E-state index contributed by atoms with van der Waals surface area (Å²) >= 11 is 0. The standard InChI is InChI=1S/C18H22F2N4O/c1-12(2)16-15(11-22-24(16)14-6-4-3-5-7-14)23-17(25)21-9-8-13-10-18(13,19)20/h3-7,11-13H,8-10H2,1-2H3,(H2,21,23,25). The molecule has 1 aliphatic rings. The monoisotopic (exact) mass is 348 g/mol. The third-order valence-electron chi connectivity index (χ3n) is 4.34. The number of aromatic nitrogens is 2. The molecule has 2 aromatic rings. The van der Waals surface area contributed by atoms with Gasteiger partial charge in [0.05, 0.1) is 23.3 Å². The zero-order valence-electron chi connectivity index (χ0n) is 14.3. The quantitative estimate of drug-likeness (QED) is 0.823. The van der Waals surface area contributed by atoms with E-state index in [2.05, 4.69) is 15.7 Å². The predicted octanol–water partition coefficient (Wildman–Crippen LogP) is 4.16. The van der Waals surface area contributed by atoms with Crippen LogP contribution in [0.5, 0.6) is 0 Å². The molecule has 7 heteroatoms. The number of hydrogen-bond donors (Lipinski definition) is 2. The second kappa shape index (κ2) is 6.82. The first-order chi connectivity index (χ1) is 11.9. The van der Waals surface area contributed by atoms with Crippen molar-refractivity contribution in [2.45, 2.75) is 38.5 Å². The van der Waals surface area contributed by atoms with Gasteiger partial charge >= 0.3 is 6.03 Å². The molecule has 2 N–H and O–H groups in total. The van der Waals surface area contributed by atoms with Crippen molar-refractivity contribution in [1.82, 2.24) is 15.1 Å². The van der Waals surface area contributed by atoms with Crippen molar-refractivity contribution < 1.29 is 13.6 Å². The number of anilines is 1. The predicted molar refractivity (Wildman–Crippen MR) is 92.3 cm³/mol. The Kier molecular flexibility index (Phi) is 4.74. The van der Waals surface area contributed by atoms with E-state index < -0.39 is 17.9 Å². The van der Waals surface area contributed by atoms with Gasteiger partial charge in [-0.25, -0.2) is 18.3 Å². The highest BCUT2D eigenvalue weighted by Crippen LogP contribution is 2.50. The molecular formula is C18H22F2N4O. The fourth-order valence-electron chi connectivity index (χ4n) is 2.89. The normalized spacial score (nSPS) is 18.2. The van der Waals surface area contributed by atoms with Gasteiger partial charge in [-0.3, -0.25) is 0 Å². The number of alkyl halides is 2. The van der Waals surface area contributed by atoms with Crippen LogP contribution < -0.4 is 10.6 Å². The maximum atomic E-state index is 12.8. The van der Waals surface area contributed by atoms with Crippen molar-refractivity contribution in [1.29, 1.82) is 0 Å². The number of carbonyl (C=O) groups is 1. The Morgan fingerprint density at radius 2 is 2.04 bits per heavy atom. The zero-order chi connectivity index (χ0) is 18.0. The van der Waals surface area contributed by atoms with E-state index in [0.717, 1.165) is 11.4 Å². The smallest absolute Gasteiger partial charge is 0.319 e. The maximum absolute atomic E-state index is 12.8. The lowest BCUT2D eigenvalue weighted by molar-refractivity contribution is 0.0971. The molecule has 0 bridgehead atoms. The number of nitrogens with zero attached hydrogens (tertiary/aromatic N) is 2. The second-order valence-corrected chi connectivity index (χ2v) is 6.68. The van der Waals surface area contributed by atoms with Crippen molar-refractivity contribution in [3.8, 4) is 5.69 Å². The fraction of sp³-hybridized carbons (Fsp3) is 0.444. The number of para-hydroxylation sites is 1. The Bertz CT molecular complexity index is 743. The molecule has 25 heavy (non-hydrogen) atoms. The van der Waals surface area contributed by atoms with Crippen molar-refractivity contribution in [2.75, 3.05) is 11.9 Å². The van der Waals surface area contributed by atoms with E-state index in [4.69, 9.17) is 0 Å². The van der Waals surface area contributed by atoms with E-state index in [0.29, 0.717) is 12.1 Å². The van der Waals surface area contributed by atoms with Crippen molar-refractivity contribution in [3.05, 3.63) is 42.2 Å². The highest BCUT2D eigenvalue weighted by molar-refractivity contribution is 5.89. The van der Waals surface area contributed by atoms with Gasteiger partial charge in [0.2, 0.25) is 0 Å². The summed E-state index contributed by atoms with van der Waals surface area (Å²) in [5.41, 5.74) is 2.42. The molecule has 1 heterocycles. The molecule has 1 unspecified atom stereocenters. The summed E-state index contributed by atoms with van der Waals surface area (Å²) in [6.45, 7) is 4.28. The Morgan fingerprint density at radius 1 is 1.36 bits per heavy atom. The summed E-state index contributed by atoms with van der Waals surface area (Å²) in [4.78, 5) is 12.0. The van der Waals surface area contributed by atoms with Crippen LogP contribution in [-0.4, -0.2) is 28.3 Å². The third kappa shape index (κ3) is 3.97. The average Bonchev–Trinajstić information content (AvgIpc) is 2.98. The molecular weight excluding hydrogens is 326 g/mol. The molecule has 1 aromatic carbocycles. The first-order valence-electron chi connectivity index (χ1n) is 8.44. The molecule has 1 aromatic heterocycles. The Hall–Kier alpha value is -2.44. The first-order valence-corrected chi connectivity index (χ1v) is 8.44. The molecule has 0 radical (unpaired) electrons. The summed E-state index contributed by atoms with van der Waals surface area (Å²) in [6.07, 6.45) is 1.83. The number of urea groups is 1. The second-order valence-electron chi connectivity index (χ2n) is 6.68. The van der Waals surface area contributed by atoms with Crippen LogP contribution in [0.3, 0.4) is 0 Å². The highest BCUT2D eigenvalue weighted by Gasteiger charge is 2.55. The maximum Gasteiger partial charge on any atom is 0.319 e. The van der Waals surface area contributed by atoms with Gasteiger partial charge in [0.25, 0.3) is 5.92 Å². The lowest BCUT2D eigenvalue weighted by Crippen LogP contribution is -2.30. The van der Waals surface area contributed by atoms with Gasteiger partial charge in [0.15, 0.2) is 0 Å². The number of nitrogens with one attached hydrogen (secondary N) is 2. The molecule has 1 aliphatic carbocycles. The number of benzene rings is 1. The summed E-state index contributed by atoms with van der Waals surface area (Å²) in [5, 5.41) is 9.78. The largest absolute Gasteiger partial charge is 0.338 e. The number of rotatable bonds is 6. The molecule has 5 nitrogen and oxygen atoms in total. The Labute approximate surface area is 145 Å². The SMILES string of the molecule is CC(C)c1c(NC(=O)NCCC2CC2(F)F)cnn1-c1ccccc1. The number of hydrogen-bond acceptors (Lipinski definition) is 2. The van der Waals surface area contributed by atoms with Gasteiger partial charge < -0.3 is 10.6 Å². The Balaban J connectivity index is 1.64. The van der Waals surface area contributed by atoms with Gasteiger partial charge in [0.1, 0.15) is 0 Å². The van der Waals surface area contributed by atoms with Gasteiger partial charge in [-0.1, -0.05) is 32.0 Å². The lowest BCUT2D eigenvalue weighted by atomic mass is 10.1. The van der Waals surface area contributed by atoms with E-state index >= 15 is 0 Å².